The van der Waals surface area contributed by atoms with Crippen LogP contribution in [0.25, 0.3) is 0 Å². The van der Waals surface area contributed by atoms with Crippen molar-refractivity contribution in [2.24, 2.45) is 0 Å². The fourth-order valence-electron chi connectivity index (χ4n) is 2.16. The van der Waals surface area contributed by atoms with E-state index in [1.807, 2.05) is 0 Å². The number of carbonyl (C=O) groups is 2. The minimum atomic E-state index is -0.732. The summed E-state index contributed by atoms with van der Waals surface area (Å²) in [5.41, 5.74) is 1.80. The highest BCUT2D eigenvalue weighted by Gasteiger charge is 2.17. The van der Waals surface area contributed by atoms with Crippen molar-refractivity contribution in [2.75, 3.05) is 11.9 Å². The number of hydrogen-bond acceptors (Lipinski definition) is 4. The van der Waals surface area contributed by atoms with E-state index in [0.29, 0.717) is 28.6 Å². The first-order valence-corrected chi connectivity index (χ1v) is 8.30. The molecule has 0 saturated carbocycles. The topological polar surface area (TPSA) is 64.6 Å². The van der Waals surface area contributed by atoms with Crippen molar-refractivity contribution in [2.45, 2.75) is 26.9 Å². The third-order valence-electron chi connectivity index (χ3n) is 3.51. The van der Waals surface area contributed by atoms with E-state index in [9.17, 15) is 9.59 Å². The van der Waals surface area contributed by atoms with Crippen LogP contribution in [0.1, 0.15) is 29.8 Å². The molecule has 132 valence electrons. The van der Waals surface area contributed by atoms with Gasteiger partial charge in [-0.2, -0.15) is 0 Å². The van der Waals surface area contributed by atoms with Gasteiger partial charge in [0.2, 0.25) is 0 Å². The van der Waals surface area contributed by atoms with Gasteiger partial charge in [-0.15, -0.1) is 0 Å². The minimum absolute atomic E-state index is 0.313. The second-order valence-electron chi connectivity index (χ2n) is 5.43. The van der Waals surface area contributed by atoms with Crippen molar-refractivity contribution in [1.29, 1.82) is 0 Å². The van der Waals surface area contributed by atoms with Crippen LogP contribution in [0.3, 0.4) is 0 Å². The van der Waals surface area contributed by atoms with E-state index < -0.39 is 6.10 Å². The first-order valence-electron chi connectivity index (χ1n) is 7.92. The van der Waals surface area contributed by atoms with Crippen molar-refractivity contribution in [3.63, 3.8) is 0 Å². The Kier molecular flexibility index (Phi) is 6.42. The fourth-order valence-corrected chi connectivity index (χ4v) is 2.34. The Hall–Kier alpha value is -2.53. The number of nitrogens with one attached hydrogen (secondary N) is 1. The molecular formula is C19H20ClNO4. The average Bonchev–Trinajstić information content (AvgIpc) is 2.58. The summed E-state index contributed by atoms with van der Waals surface area (Å²) in [6, 6.07) is 11.9. The third-order valence-corrected chi connectivity index (χ3v) is 3.82. The lowest BCUT2D eigenvalue weighted by atomic mass is 10.1. The van der Waals surface area contributed by atoms with Gasteiger partial charge in [0.15, 0.2) is 6.10 Å². The van der Waals surface area contributed by atoms with E-state index >= 15 is 0 Å². The average molecular weight is 362 g/mol. The molecule has 0 bridgehead atoms. The molecule has 6 heteroatoms. The summed E-state index contributed by atoms with van der Waals surface area (Å²) in [5.74, 6) is -0.257. The number of benzene rings is 2. The molecule has 0 unspecified atom stereocenters. The van der Waals surface area contributed by atoms with Crippen LogP contribution in [-0.4, -0.2) is 24.6 Å². The van der Waals surface area contributed by atoms with Crippen molar-refractivity contribution >= 4 is 29.2 Å². The lowest BCUT2D eigenvalue weighted by molar-refractivity contribution is -0.122. The maximum absolute atomic E-state index is 12.3. The van der Waals surface area contributed by atoms with Crippen LogP contribution in [0.2, 0.25) is 5.02 Å². The van der Waals surface area contributed by atoms with Crippen LogP contribution in [0.5, 0.6) is 5.75 Å². The van der Waals surface area contributed by atoms with Crippen molar-refractivity contribution in [3.8, 4) is 5.75 Å². The highest BCUT2D eigenvalue weighted by molar-refractivity contribution is 6.32. The Morgan fingerprint density at radius 2 is 1.92 bits per heavy atom. The van der Waals surface area contributed by atoms with Crippen LogP contribution in [0.4, 0.5) is 5.69 Å². The van der Waals surface area contributed by atoms with Gasteiger partial charge in [-0.3, -0.25) is 4.79 Å². The number of carbonyl (C=O) groups excluding carboxylic acids is 2. The van der Waals surface area contributed by atoms with Crippen LogP contribution in [0, 0.1) is 6.92 Å². The van der Waals surface area contributed by atoms with E-state index in [4.69, 9.17) is 21.1 Å². The van der Waals surface area contributed by atoms with Gasteiger partial charge in [-0.05, 0) is 56.7 Å². The molecule has 0 saturated heterocycles. The van der Waals surface area contributed by atoms with E-state index in [0.717, 1.165) is 5.56 Å². The summed E-state index contributed by atoms with van der Waals surface area (Å²) >= 11 is 6.03. The van der Waals surface area contributed by atoms with Gasteiger partial charge in [0.05, 0.1) is 17.2 Å². The van der Waals surface area contributed by atoms with Gasteiger partial charge in [0.25, 0.3) is 5.91 Å². The summed E-state index contributed by atoms with van der Waals surface area (Å²) in [4.78, 5) is 24.1. The normalized spacial score (nSPS) is 11.5. The molecule has 0 aliphatic carbocycles. The zero-order valence-corrected chi connectivity index (χ0v) is 15.1. The molecule has 5 nitrogen and oxygen atoms in total. The Morgan fingerprint density at radius 1 is 1.20 bits per heavy atom. The van der Waals surface area contributed by atoms with Crippen LogP contribution in [0.15, 0.2) is 42.5 Å². The fraction of sp³-hybridized carbons (Fsp3) is 0.263. The van der Waals surface area contributed by atoms with Gasteiger partial charge in [-0.1, -0.05) is 23.7 Å². The highest BCUT2D eigenvalue weighted by atomic mass is 35.5. The van der Waals surface area contributed by atoms with Gasteiger partial charge in [0.1, 0.15) is 5.75 Å². The van der Waals surface area contributed by atoms with Gasteiger partial charge >= 0.3 is 5.97 Å². The first kappa shape index (κ1) is 18.8. The van der Waals surface area contributed by atoms with Crippen LogP contribution >= 0.6 is 11.6 Å². The SMILES string of the molecule is CCOC(=O)c1ccc(NC(=O)[C@H](C)Oc2ccccc2Cl)c(C)c1. The second kappa shape index (κ2) is 8.53. The summed E-state index contributed by atoms with van der Waals surface area (Å²) in [6.07, 6.45) is -0.732. The number of hydrogen-bond donors (Lipinski definition) is 1. The van der Waals surface area contributed by atoms with E-state index in [2.05, 4.69) is 5.32 Å². The number of aryl methyl sites for hydroxylation is 1. The predicted molar refractivity (Wildman–Crippen MR) is 97.3 cm³/mol. The molecule has 0 spiro atoms. The predicted octanol–water partition coefficient (Wildman–Crippen LogP) is 4.23. The number of para-hydroxylation sites is 1. The van der Waals surface area contributed by atoms with E-state index in [-0.39, 0.29) is 11.9 Å². The van der Waals surface area contributed by atoms with E-state index in [1.54, 1.807) is 63.2 Å². The molecule has 1 N–H and O–H groups in total. The quantitative estimate of drug-likeness (QED) is 0.782. The standard InChI is InChI=1S/C19H20ClNO4/c1-4-24-19(23)14-9-10-16(12(2)11-14)21-18(22)13(3)25-17-8-6-5-7-15(17)20/h5-11,13H,4H2,1-3H3,(H,21,22)/t13-/m0/s1. The Bertz CT molecular complexity index is 776. The molecule has 25 heavy (non-hydrogen) atoms. The Morgan fingerprint density at radius 3 is 2.56 bits per heavy atom. The molecular weight excluding hydrogens is 342 g/mol. The number of amides is 1. The molecule has 2 aromatic rings. The summed E-state index contributed by atoms with van der Waals surface area (Å²) in [7, 11) is 0. The number of esters is 1. The van der Waals surface area contributed by atoms with Crippen molar-refractivity contribution in [3.05, 3.63) is 58.6 Å². The largest absolute Gasteiger partial charge is 0.479 e. The molecule has 0 aromatic heterocycles. The van der Waals surface area contributed by atoms with Gasteiger partial charge in [-0.25, -0.2) is 4.79 Å². The smallest absolute Gasteiger partial charge is 0.338 e. The second-order valence-corrected chi connectivity index (χ2v) is 5.84. The van der Waals surface area contributed by atoms with Crippen LogP contribution < -0.4 is 10.1 Å². The Labute approximate surface area is 151 Å². The molecule has 0 aliphatic rings. The number of anilines is 1. The third kappa shape index (κ3) is 4.97. The van der Waals surface area contributed by atoms with Gasteiger partial charge in [0, 0.05) is 5.69 Å². The minimum Gasteiger partial charge on any atom is -0.479 e. The molecule has 0 heterocycles. The van der Waals surface area contributed by atoms with Crippen molar-refractivity contribution < 1.29 is 19.1 Å². The van der Waals surface area contributed by atoms with Gasteiger partial charge < -0.3 is 14.8 Å². The van der Waals surface area contributed by atoms with Crippen LogP contribution in [-0.2, 0) is 9.53 Å². The van der Waals surface area contributed by atoms with E-state index in [1.165, 1.54) is 0 Å². The molecule has 2 rings (SSSR count). The Balaban J connectivity index is 2.04. The maximum Gasteiger partial charge on any atom is 0.338 e. The maximum atomic E-state index is 12.3. The first-order chi connectivity index (χ1) is 11.9. The summed E-state index contributed by atoms with van der Waals surface area (Å²) in [5, 5.41) is 3.23. The monoisotopic (exact) mass is 361 g/mol. The summed E-state index contributed by atoms with van der Waals surface area (Å²) in [6.45, 7) is 5.51. The van der Waals surface area contributed by atoms with Crippen molar-refractivity contribution in [1.82, 2.24) is 0 Å². The number of halogens is 1. The molecule has 0 fully saturated rings. The zero-order chi connectivity index (χ0) is 18.4. The number of ether oxygens (including phenoxy) is 2. The lowest BCUT2D eigenvalue weighted by Crippen LogP contribution is -2.30. The molecule has 2 aromatic carbocycles. The lowest BCUT2D eigenvalue weighted by Gasteiger charge is -2.16. The summed E-state index contributed by atoms with van der Waals surface area (Å²) < 4.78 is 10.6. The zero-order valence-electron chi connectivity index (χ0n) is 14.3. The number of rotatable bonds is 6. The molecule has 1 atom stereocenters. The molecule has 1 amide bonds. The molecule has 0 aliphatic heterocycles. The highest BCUT2D eigenvalue weighted by Crippen LogP contribution is 2.25. The molecule has 0 radical (unpaired) electrons.